The highest BCUT2D eigenvalue weighted by Crippen LogP contribution is 2.20. The van der Waals surface area contributed by atoms with E-state index in [-0.39, 0.29) is 0 Å². The smallest absolute Gasteiger partial charge is 0.154 e. The second-order valence-electron chi connectivity index (χ2n) is 6.23. The number of imidazole rings is 1. The standard InChI is InChI=1S/C18H19N7/c1-13-14(2)25-17(21-13)5-6-18(22-25)24-9-7-23(8-10-24)16-4-3-15(11-19)20-12-16/h3-6,12H,7-10H2,1-2H3. The molecule has 7 nitrogen and oxygen atoms in total. The van der Waals surface area contributed by atoms with Crippen LogP contribution in [-0.2, 0) is 0 Å². The van der Waals surface area contributed by atoms with Gasteiger partial charge in [0.25, 0.3) is 0 Å². The summed E-state index contributed by atoms with van der Waals surface area (Å²) in [6.45, 7) is 7.64. The molecule has 0 saturated carbocycles. The normalized spacial score (nSPS) is 14.8. The third-order valence-electron chi connectivity index (χ3n) is 4.76. The Labute approximate surface area is 146 Å². The summed E-state index contributed by atoms with van der Waals surface area (Å²) < 4.78 is 1.92. The van der Waals surface area contributed by atoms with E-state index in [2.05, 4.69) is 25.8 Å². The zero-order valence-corrected chi connectivity index (χ0v) is 14.3. The van der Waals surface area contributed by atoms with E-state index in [1.54, 1.807) is 12.3 Å². The van der Waals surface area contributed by atoms with Crippen molar-refractivity contribution in [1.82, 2.24) is 19.6 Å². The van der Waals surface area contributed by atoms with Crippen LogP contribution in [-0.4, -0.2) is 45.8 Å². The Morgan fingerprint density at radius 3 is 2.44 bits per heavy atom. The molecule has 0 atom stereocenters. The molecular weight excluding hydrogens is 314 g/mol. The van der Waals surface area contributed by atoms with Crippen molar-refractivity contribution in [3.8, 4) is 6.07 Å². The van der Waals surface area contributed by atoms with E-state index < -0.39 is 0 Å². The van der Waals surface area contributed by atoms with Crippen LogP contribution < -0.4 is 9.80 Å². The summed E-state index contributed by atoms with van der Waals surface area (Å²) in [4.78, 5) is 13.2. The van der Waals surface area contributed by atoms with Crippen molar-refractivity contribution in [2.75, 3.05) is 36.0 Å². The fourth-order valence-corrected chi connectivity index (χ4v) is 3.15. The lowest BCUT2D eigenvalue weighted by molar-refractivity contribution is 0.640. The minimum Gasteiger partial charge on any atom is -0.367 e. The van der Waals surface area contributed by atoms with Crippen LogP contribution in [0, 0.1) is 25.2 Å². The highest BCUT2D eigenvalue weighted by atomic mass is 15.4. The van der Waals surface area contributed by atoms with E-state index in [1.807, 2.05) is 36.6 Å². The number of rotatable bonds is 2. The molecule has 0 radical (unpaired) electrons. The molecule has 3 aromatic heterocycles. The van der Waals surface area contributed by atoms with Gasteiger partial charge in [-0.25, -0.2) is 14.5 Å². The molecule has 1 aliphatic heterocycles. The lowest BCUT2D eigenvalue weighted by atomic mass is 10.2. The van der Waals surface area contributed by atoms with Crippen LogP contribution in [0.1, 0.15) is 17.1 Å². The summed E-state index contributed by atoms with van der Waals surface area (Å²) in [7, 11) is 0. The summed E-state index contributed by atoms with van der Waals surface area (Å²) in [6.07, 6.45) is 1.77. The first kappa shape index (κ1) is 15.4. The first-order valence-electron chi connectivity index (χ1n) is 8.35. The van der Waals surface area contributed by atoms with Gasteiger partial charge in [-0.3, -0.25) is 0 Å². The maximum Gasteiger partial charge on any atom is 0.154 e. The largest absolute Gasteiger partial charge is 0.367 e. The van der Waals surface area contributed by atoms with Gasteiger partial charge in [-0.15, -0.1) is 5.10 Å². The Kier molecular flexibility index (Phi) is 3.73. The molecule has 3 aromatic rings. The van der Waals surface area contributed by atoms with E-state index in [9.17, 15) is 0 Å². The number of hydrogen-bond acceptors (Lipinski definition) is 6. The molecule has 1 saturated heterocycles. The monoisotopic (exact) mass is 333 g/mol. The van der Waals surface area contributed by atoms with E-state index in [0.29, 0.717) is 5.69 Å². The van der Waals surface area contributed by atoms with Crippen LogP contribution in [0.3, 0.4) is 0 Å². The van der Waals surface area contributed by atoms with Crippen molar-refractivity contribution in [3.05, 3.63) is 47.5 Å². The summed E-state index contributed by atoms with van der Waals surface area (Å²) >= 11 is 0. The Bertz CT molecular complexity index is 944. The molecule has 7 heteroatoms. The molecule has 0 spiro atoms. The van der Waals surface area contributed by atoms with Gasteiger partial charge >= 0.3 is 0 Å². The number of piperazine rings is 1. The van der Waals surface area contributed by atoms with Gasteiger partial charge in [0.2, 0.25) is 0 Å². The molecule has 1 fully saturated rings. The number of anilines is 2. The molecule has 4 rings (SSSR count). The molecule has 25 heavy (non-hydrogen) atoms. The minimum absolute atomic E-state index is 0.450. The molecule has 0 amide bonds. The van der Waals surface area contributed by atoms with E-state index in [4.69, 9.17) is 10.4 Å². The topological polar surface area (TPSA) is 73.3 Å². The van der Waals surface area contributed by atoms with Crippen LogP contribution in [0.25, 0.3) is 5.65 Å². The predicted molar refractivity (Wildman–Crippen MR) is 95.8 cm³/mol. The van der Waals surface area contributed by atoms with Gasteiger partial charge in [-0.05, 0) is 38.1 Å². The Morgan fingerprint density at radius 1 is 1.00 bits per heavy atom. The Morgan fingerprint density at radius 2 is 1.76 bits per heavy atom. The third kappa shape index (κ3) is 2.76. The van der Waals surface area contributed by atoms with Gasteiger partial charge in [0.05, 0.1) is 23.3 Å². The molecule has 1 aliphatic rings. The average molecular weight is 333 g/mol. The number of aryl methyl sites for hydroxylation is 2. The van der Waals surface area contributed by atoms with Gasteiger partial charge in [0.1, 0.15) is 17.6 Å². The molecular formula is C18H19N7. The maximum atomic E-state index is 8.85. The van der Waals surface area contributed by atoms with Crippen LogP contribution >= 0.6 is 0 Å². The Balaban J connectivity index is 1.49. The zero-order chi connectivity index (χ0) is 17.4. The van der Waals surface area contributed by atoms with Crippen molar-refractivity contribution in [2.45, 2.75) is 13.8 Å². The summed E-state index contributed by atoms with van der Waals surface area (Å²) in [6, 6.07) is 9.85. The highest BCUT2D eigenvalue weighted by molar-refractivity contribution is 5.51. The fourth-order valence-electron chi connectivity index (χ4n) is 3.15. The molecule has 0 unspecified atom stereocenters. The summed E-state index contributed by atoms with van der Waals surface area (Å²) in [5.74, 6) is 0.977. The second-order valence-corrected chi connectivity index (χ2v) is 6.23. The predicted octanol–water partition coefficient (Wildman–Crippen LogP) is 1.94. The number of aromatic nitrogens is 4. The van der Waals surface area contributed by atoms with Crippen molar-refractivity contribution in [2.24, 2.45) is 0 Å². The van der Waals surface area contributed by atoms with Crippen LogP contribution in [0.5, 0.6) is 0 Å². The third-order valence-corrected chi connectivity index (χ3v) is 4.76. The highest BCUT2D eigenvalue weighted by Gasteiger charge is 2.19. The van der Waals surface area contributed by atoms with E-state index in [1.165, 1.54) is 0 Å². The molecule has 126 valence electrons. The first-order valence-corrected chi connectivity index (χ1v) is 8.35. The number of nitrogens with zero attached hydrogens (tertiary/aromatic N) is 7. The van der Waals surface area contributed by atoms with E-state index in [0.717, 1.165) is 54.7 Å². The van der Waals surface area contributed by atoms with Gasteiger partial charge in [0.15, 0.2) is 5.65 Å². The zero-order valence-electron chi connectivity index (χ0n) is 14.3. The van der Waals surface area contributed by atoms with E-state index >= 15 is 0 Å². The molecule has 0 N–H and O–H groups in total. The van der Waals surface area contributed by atoms with Gasteiger partial charge in [-0.1, -0.05) is 0 Å². The SMILES string of the molecule is Cc1nc2ccc(N3CCN(c4ccc(C#N)nc4)CC3)nn2c1C. The molecule has 0 aromatic carbocycles. The average Bonchev–Trinajstić information content (AvgIpc) is 2.95. The minimum atomic E-state index is 0.450. The van der Waals surface area contributed by atoms with Crippen molar-refractivity contribution >= 4 is 17.2 Å². The van der Waals surface area contributed by atoms with Crippen LogP contribution in [0.4, 0.5) is 11.5 Å². The van der Waals surface area contributed by atoms with Crippen LogP contribution in [0.15, 0.2) is 30.5 Å². The number of nitriles is 1. The fraction of sp³-hybridized carbons (Fsp3) is 0.333. The number of hydrogen-bond donors (Lipinski definition) is 0. The summed E-state index contributed by atoms with van der Waals surface area (Å²) in [5.41, 5.74) is 4.50. The summed E-state index contributed by atoms with van der Waals surface area (Å²) in [5, 5.41) is 13.6. The van der Waals surface area contributed by atoms with Crippen molar-refractivity contribution in [1.29, 1.82) is 5.26 Å². The quantitative estimate of drug-likeness (QED) is 0.713. The molecule has 0 bridgehead atoms. The lowest BCUT2D eigenvalue weighted by Crippen LogP contribution is -2.47. The second kappa shape index (κ2) is 6.06. The number of fused-ring (bicyclic) bond motifs is 1. The molecule has 4 heterocycles. The maximum absolute atomic E-state index is 8.85. The lowest BCUT2D eigenvalue weighted by Gasteiger charge is -2.36. The van der Waals surface area contributed by atoms with Gasteiger partial charge in [-0.2, -0.15) is 5.26 Å². The van der Waals surface area contributed by atoms with Gasteiger partial charge < -0.3 is 9.80 Å². The number of pyridine rings is 1. The van der Waals surface area contributed by atoms with Crippen LogP contribution in [0.2, 0.25) is 0 Å². The molecule has 0 aliphatic carbocycles. The first-order chi connectivity index (χ1) is 12.2. The Hall–Kier alpha value is -3.14. The van der Waals surface area contributed by atoms with Gasteiger partial charge in [0, 0.05) is 26.2 Å². The van der Waals surface area contributed by atoms with Crippen molar-refractivity contribution < 1.29 is 0 Å². The van der Waals surface area contributed by atoms with Crippen molar-refractivity contribution in [3.63, 3.8) is 0 Å².